The van der Waals surface area contributed by atoms with Gasteiger partial charge >= 0.3 is 5.97 Å². The summed E-state index contributed by atoms with van der Waals surface area (Å²) in [5.74, 6) is -2.80. The van der Waals surface area contributed by atoms with Crippen molar-refractivity contribution in [2.45, 2.75) is 17.9 Å². The summed E-state index contributed by atoms with van der Waals surface area (Å²) < 4.78 is 29.3. The van der Waals surface area contributed by atoms with E-state index in [2.05, 4.69) is 4.74 Å². The number of rotatable bonds is 3. The Morgan fingerprint density at radius 1 is 1.25 bits per heavy atom. The van der Waals surface area contributed by atoms with Gasteiger partial charge in [0.1, 0.15) is 4.90 Å². The third kappa shape index (κ3) is 1.88. The average Bonchev–Trinajstić information content (AvgIpc) is 2.60. The van der Waals surface area contributed by atoms with Gasteiger partial charge in [0.05, 0.1) is 12.7 Å². The molecule has 1 atom stereocenters. The van der Waals surface area contributed by atoms with Crippen molar-refractivity contribution < 1.29 is 27.5 Å². The number of amides is 1. The molecule has 0 saturated heterocycles. The molecule has 8 heteroatoms. The smallest absolute Gasteiger partial charge is 0.337 e. The summed E-state index contributed by atoms with van der Waals surface area (Å²) in [4.78, 5) is 35.1. The summed E-state index contributed by atoms with van der Waals surface area (Å²) in [6, 6.07) is 3.72. The predicted octanol–water partition coefficient (Wildman–Crippen LogP) is -0.0383. The van der Waals surface area contributed by atoms with Crippen molar-refractivity contribution >= 4 is 27.7 Å². The molecule has 0 N–H and O–H groups in total. The monoisotopic (exact) mass is 297 g/mol. The topological polar surface area (TPSA) is 97.8 Å². The first kappa shape index (κ1) is 14.2. The Labute approximate surface area is 115 Å². The Bertz CT molecular complexity index is 708. The second-order valence-corrected chi connectivity index (χ2v) is 5.92. The van der Waals surface area contributed by atoms with E-state index < -0.39 is 33.7 Å². The number of fused-ring (bicyclic) bond motifs is 1. The van der Waals surface area contributed by atoms with Gasteiger partial charge in [0, 0.05) is 0 Å². The zero-order chi connectivity index (χ0) is 15.1. The van der Waals surface area contributed by atoms with Crippen LogP contribution in [0.5, 0.6) is 0 Å². The lowest BCUT2D eigenvalue weighted by atomic mass is 10.1. The molecule has 1 aromatic carbocycles. The Morgan fingerprint density at radius 2 is 1.85 bits per heavy atom. The van der Waals surface area contributed by atoms with E-state index in [1.54, 1.807) is 0 Å². The molecule has 106 valence electrons. The normalized spacial score (nSPS) is 17.5. The molecule has 20 heavy (non-hydrogen) atoms. The van der Waals surface area contributed by atoms with Crippen LogP contribution >= 0.6 is 0 Å². The molecule has 1 aromatic rings. The van der Waals surface area contributed by atoms with E-state index in [0.29, 0.717) is 0 Å². The van der Waals surface area contributed by atoms with Crippen molar-refractivity contribution in [1.29, 1.82) is 0 Å². The Balaban J connectivity index is 2.63. The second-order valence-electron chi connectivity index (χ2n) is 4.14. The van der Waals surface area contributed by atoms with Crippen LogP contribution in [0, 0.1) is 0 Å². The number of ketones is 1. The van der Waals surface area contributed by atoms with E-state index in [1.165, 1.54) is 24.3 Å². The largest absolute Gasteiger partial charge is 0.467 e. The number of carbonyl (C=O) groups is 3. The van der Waals surface area contributed by atoms with Gasteiger partial charge in [-0.25, -0.2) is 17.5 Å². The number of ether oxygens (including phenoxy) is 1. The summed E-state index contributed by atoms with van der Waals surface area (Å²) in [6.45, 7) is 1.02. The van der Waals surface area contributed by atoms with Crippen LogP contribution in [0.4, 0.5) is 0 Å². The van der Waals surface area contributed by atoms with Gasteiger partial charge < -0.3 is 4.74 Å². The van der Waals surface area contributed by atoms with E-state index in [0.717, 1.165) is 14.0 Å². The molecule has 0 aromatic heterocycles. The van der Waals surface area contributed by atoms with Crippen LogP contribution in [0.1, 0.15) is 17.3 Å². The summed E-state index contributed by atoms with van der Waals surface area (Å²) in [6.07, 6.45) is 0. The van der Waals surface area contributed by atoms with E-state index in [9.17, 15) is 22.8 Å². The van der Waals surface area contributed by atoms with Gasteiger partial charge in [-0.15, -0.1) is 0 Å². The van der Waals surface area contributed by atoms with Gasteiger partial charge in [0.25, 0.3) is 15.9 Å². The quantitative estimate of drug-likeness (QED) is 0.573. The maximum absolute atomic E-state index is 12.3. The average molecular weight is 297 g/mol. The van der Waals surface area contributed by atoms with Crippen LogP contribution in [0.3, 0.4) is 0 Å². The van der Waals surface area contributed by atoms with Crippen LogP contribution in [-0.4, -0.2) is 43.5 Å². The van der Waals surface area contributed by atoms with Crippen molar-refractivity contribution in [2.24, 2.45) is 0 Å². The molecule has 0 unspecified atom stereocenters. The molecule has 0 saturated carbocycles. The molecule has 7 nitrogen and oxygen atoms in total. The molecule has 0 bridgehead atoms. The van der Waals surface area contributed by atoms with Gasteiger partial charge in [-0.3, -0.25) is 9.59 Å². The molecule has 1 amide bonds. The number of esters is 1. The number of hydrogen-bond acceptors (Lipinski definition) is 6. The summed E-state index contributed by atoms with van der Waals surface area (Å²) in [7, 11) is -3.22. The minimum Gasteiger partial charge on any atom is -0.467 e. The van der Waals surface area contributed by atoms with Crippen LogP contribution < -0.4 is 0 Å². The molecule has 0 spiro atoms. The highest BCUT2D eigenvalue weighted by Gasteiger charge is 2.49. The molecule has 0 radical (unpaired) electrons. The molecular formula is C12H11NO6S. The van der Waals surface area contributed by atoms with Crippen LogP contribution in [0.25, 0.3) is 0 Å². The Hall–Kier alpha value is -2.22. The predicted molar refractivity (Wildman–Crippen MR) is 66.3 cm³/mol. The van der Waals surface area contributed by atoms with Crippen molar-refractivity contribution in [3.05, 3.63) is 29.8 Å². The standard InChI is InChI=1S/C12H11NO6S/c1-7(14)10(12(16)19-2)13-11(15)8-5-3-4-6-9(8)20(13,17)18/h3-6,10H,1-2H3/t10-/m0/s1. The van der Waals surface area contributed by atoms with Crippen molar-refractivity contribution in [3.8, 4) is 0 Å². The minimum atomic E-state index is -4.23. The highest BCUT2D eigenvalue weighted by Crippen LogP contribution is 2.32. The minimum absolute atomic E-state index is 0.0670. The fourth-order valence-corrected chi connectivity index (χ4v) is 3.72. The maximum atomic E-state index is 12.3. The maximum Gasteiger partial charge on any atom is 0.337 e. The summed E-state index contributed by atoms with van der Waals surface area (Å²) in [5.41, 5.74) is -0.0670. The molecule has 0 fully saturated rings. The number of carbonyl (C=O) groups excluding carboxylic acids is 3. The number of sulfonamides is 1. The lowest BCUT2D eigenvalue weighted by molar-refractivity contribution is -0.147. The fraction of sp³-hybridized carbons (Fsp3) is 0.250. The molecular weight excluding hydrogens is 286 g/mol. The molecule has 1 aliphatic heterocycles. The zero-order valence-corrected chi connectivity index (χ0v) is 11.5. The van der Waals surface area contributed by atoms with E-state index in [1.807, 2.05) is 0 Å². The Kier molecular flexibility index (Phi) is 3.34. The molecule has 1 aliphatic rings. The van der Waals surface area contributed by atoms with Gasteiger partial charge in [-0.1, -0.05) is 12.1 Å². The first-order valence-electron chi connectivity index (χ1n) is 5.58. The third-order valence-electron chi connectivity index (χ3n) is 2.90. The molecule has 0 aliphatic carbocycles. The number of nitrogens with zero attached hydrogens (tertiary/aromatic N) is 1. The van der Waals surface area contributed by atoms with Crippen molar-refractivity contribution in [2.75, 3.05) is 7.11 Å². The summed E-state index contributed by atoms with van der Waals surface area (Å²) in [5, 5.41) is 0. The number of Topliss-reactive ketones (excluding diaryl/α,β-unsaturated/α-hetero) is 1. The van der Waals surface area contributed by atoms with Crippen LogP contribution in [0.15, 0.2) is 29.2 Å². The number of benzene rings is 1. The van der Waals surface area contributed by atoms with Crippen LogP contribution in [0.2, 0.25) is 0 Å². The van der Waals surface area contributed by atoms with Crippen molar-refractivity contribution in [1.82, 2.24) is 4.31 Å². The lowest BCUT2D eigenvalue weighted by Crippen LogP contribution is -2.49. The van der Waals surface area contributed by atoms with E-state index >= 15 is 0 Å². The molecule has 2 rings (SSSR count). The number of methoxy groups -OCH3 is 1. The third-order valence-corrected chi connectivity index (χ3v) is 4.70. The lowest BCUT2D eigenvalue weighted by Gasteiger charge is -2.21. The van der Waals surface area contributed by atoms with Crippen LogP contribution in [-0.2, 0) is 24.3 Å². The highest BCUT2D eigenvalue weighted by molar-refractivity contribution is 7.90. The summed E-state index contributed by atoms with van der Waals surface area (Å²) >= 11 is 0. The van der Waals surface area contributed by atoms with Gasteiger partial charge in [-0.05, 0) is 19.1 Å². The highest BCUT2D eigenvalue weighted by atomic mass is 32.2. The van der Waals surface area contributed by atoms with E-state index in [4.69, 9.17) is 0 Å². The van der Waals surface area contributed by atoms with Gasteiger partial charge in [0.2, 0.25) is 6.04 Å². The van der Waals surface area contributed by atoms with E-state index in [-0.39, 0.29) is 14.8 Å². The first-order valence-corrected chi connectivity index (χ1v) is 7.02. The Morgan fingerprint density at radius 3 is 2.35 bits per heavy atom. The first-order chi connectivity index (χ1) is 9.32. The van der Waals surface area contributed by atoms with Gasteiger partial charge in [-0.2, -0.15) is 0 Å². The second kappa shape index (κ2) is 4.71. The SMILES string of the molecule is COC(=O)[C@H](C(C)=O)N1C(=O)c2ccccc2S1(=O)=O. The zero-order valence-electron chi connectivity index (χ0n) is 10.7. The molecule has 1 heterocycles. The van der Waals surface area contributed by atoms with Gasteiger partial charge in [0.15, 0.2) is 5.78 Å². The number of hydrogen-bond donors (Lipinski definition) is 0. The fourth-order valence-electron chi connectivity index (χ4n) is 2.00. The van der Waals surface area contributed by atoms with Crippen molar-refractivity contribution in [3.63, 3.8) is 0 Å².